The van der Waals surface area contributed by atoms with Crippen molar-refractivity contribution in [3.05, 3.63) is 71.3 Å². The Morgan fingerprint density at radius 3 is 2.33 bits per heavy atom. The van der Waals surface area contributed by atoms with Crippen molar-refractivity contribution in [2.24, 2.45) is 0 Å². The number of rotatable bonds is 5. The summed E-state index contributed by atoms with van der Waals surface area (Å²) >= 11 is 0. The highest BCUT2D eigenvalue weighted by Crippen LogP contribution is 2.21. The Kier molecular flexibility index (Phi) is 4.58. The molecule has 0 saturated carbocycles. The molecule has 1 unspecified atom stereocenters. The minimum atomic E-state index is 0.587. The highest BCUT2D eigenvalue weighted by Gasteiger charge is 2.07. The molecule has 94 valence electrons. The highest BCUT2D eigenvalue weighted by molar-refractivity contribution is 5.28. The molecule has 0 heterocycles. The van der Waals surface area contributed by atoms with Crippen LogP contribution in [-0.4, -0.2) is 0 Å². The lowest BCUT2D eigenvalue weighted by atomic mass is 9.92. The van der Waals surface area contributed by atoms with E-state index >= 15 is 0 Å². The standard InChI is InChI=1S/C18H22/c1-3-8-16-11-7-12-18(14-16)15(2)13-17-9-5-4-6-10-17/h4-7,9-12,14-15H,3,8,13H2,1-2H3. The van der Waals surface area contributed by atoms with Crippen LogP contribution in [0.25, 0.3) is 0 Å². The minimum Gasteiger partial charge on any atom is -0.0651 e. The third-order valence-corrected chi connectivity index (χ3v) is 3.44. The molecule has 0 saturated heterocycles. The van der Waals surface area contributed by atoms with Gasteiger partial charge in [-0.2, -0.15) is 0 Å². The fourth-order valence-electron chi connectivity index (χ4n) is 2.43. The van der Waals surface area contributed by atoms with Gasteiger partial charge in [0, 0.05) is 0 Å². The van der Waals surface area contributed by atoms with Crippen molar-refractivity contribution in [2.45, 2.75) is 39.0 Å². The summed E-state index contributed by atoms with van der Waals surface area (Å²) in [5, 5.41) is 0. The van der Waals surface area contributed by atoms with Crippen LogP contribution in [0.4, 0.5) is 0 Å². The predicted molar refractivity (Wildman–Crippen MR) is 79.0 cm³/mol. The summed E-state index contributed by atoms with van der Waals surface area (Å²) in [4.78, 5) is 0. The topological polar surface area (TPSA) is 0 Å². The van der Waals surface area contributed by atoms with Gasteiger partial charge in [-0.15, -0.1) is 0 Å². The Balaban J connectivity index is 2.08. The normalized spacial score (nSPS) is 12.3. The first-order valence-electron chi connectivity index (χ1n) is 6.92. The number of aryl methyl sites for hydroxylation is 1. The SMILES string of the molecule is CCCc1cccc(C(C)Cc2ccccc2)c1. The summed E-state index contributed by atoms with van der Waals surface area (Å²) in [6.45, 7) is 4.55. The zero-order valence-corrected chi connectivity index (χ0v) is 11.4. The fraction of sp³-hybridized carbons (Fsp3) is 0.333. The molecular weight excluding hydrogens is 216 g/mol. The summed E-state index contributed by atoms with van der Waals surface area (Å²) in [5.41, 5.74) is 4.35. The van der Waals surface area contributed by atoms with Crippen LogP contribution in [0.2, 0.25) is 0 Å². The molecule has 0 radical (unpaired) electrons. The van der Waals surface area contributed by atoms with E-state index in [0.717, 1.165) is 6.42 Å². The van der Waals surface area contributed by atoms with Gasteiger partial charge in [-0.05, 0) is 35.4 Å². The van der Waals surface area contributed by atoms with Crippen LogP contribution < -0.4 is 0 Å². The second-order valence-corrected chi connectivity index (χ2v) is 5.09. The van der Waals surface area contributed by atoms with Crippen molar-refractivity contribution in [2.75, 3.05) is 0 Å². The Hall–Kier alpha value is -1.56. The van der Waals surface area contributed by atoms with Crippen LogP contribution in [0.3, 0.4) is 0 Å². The molecule has 0 fully saturated rings. The van der Waals surface area contributed by atoms with Crippen LogP contribution in [0.15, 0.2) is 54.6 Å². The molecule has 0 heteroatoms. The van der Waals surface area contributed by atoms with E-state index in [1.54, 1.807) is 0 Å². The molecule has 0 aliphatic rings. The molecule has 0 bridgehead atoms. The first-order chi connectivity index (χ1) is 8.79. The van der Waals surface area contributed by atoms with Gasteiger partial charge in [-0.1, -0.05) is 74.9 Å². The van der Waals surface area contributed by atoms with Gasteiger partial charge in [0.2, 0.25) is 0 Å². The summed E-state index contributed by atoms with van der Waals surface area (Å²) in [6, 6.07) is 19.8. The summed E-state index contributed by atoms with van der Waals surface area (Å²) in [5.74, 6) is 0.587. The van der Waals surface area contributed by atoms with Gasteiger partial charge in [0.05, 0.1) is 0 Å². The molecule has 2 rings (SSSR count). The zero-order valence-electron chi connectivity index (χ0n) is 11.4. The molecule has 0 aliphatic heterocycles. The van der Waals surface area contributed by atoms with E-state index in [2.05, 4.69) is 68.4 Å². The number of hydrogen-bond donors (Lipinski definition) is 0. The second kappa shape index (κ2) is 6.39. The van der Waals surface area contributed by atoms with E-state index in [-0.39, 0.29) is 0 Å². The maximum absolute atomic E-state index is 2.37. The van der Waals surface area contributed by atoms with Crippen molar-refractivity contribution in [3.63, 3.8) is 0 Å². The molecule has 0 aromatic heterocycles. The van der Waals surface area contributed by atoms with Crippen LogP contribution in [-0.2, 0) is 12.8 Å². The minimum absolute atomic E-state index is 0.587. The number of hydrogen-bond acceptors (Lipinski definition) is 0. The van der Waals surface area contributed by atoms with E-state index < -0.39 is 0 Å². The lowest BCUT2D eigenvalue weighted by Gasteiger charge is -2.13. The second-order valence-electron chi connectivity index (χ2n) is 5.09. The fourth-order valence-corrected chi connectivity index (χ4v) is 2.43. The average molecular weight is 238 g/mol. The van der Waals surface area contributed by atoms with E-state index in [0.29, 0.717) is 5.92 Å². The van der Waals surface area contributed by atoms with Gasteiger partial charge in [0.15, 0.2) is 0 Å². The van der Waals surface area contributed by atoms with E-state index in [1.807, 2.05) is 0 Å². The first-order valence-corrected chi connectivity index (χ1v) is 6.92. The van der Waals surface area contributed by atoms with Gasteiger partial charge in [0.25, 0.3) is 0 Å². The van der Waals surface area contributed by atoms with Crippen molar-refractivity contribution >= 4 is 0 Å². The molecular formula is C18H22. The quantitative estimate of drug-likeness (QED) is 0.688. The largest absolute Gasteiger partial charge is 0.0651 e. The Morgan fingerprint density at radius 2 is 1.61 bits per heavy atom. The maximum atomic E-state index is 2.37. The molecule has 0 amide bonds. The summed E-state index contributed by atoms with van der Waals surface area (Å²) in [7, 11) is 0. The van der Waals surface area contributed by atoms with Crippen molar-refractivity contribution in [1.82, 2.24) is 0 Å². The van der Waals surface area contributed by atoms with E-state index in [1.165, 1.54) is 29.5 Å². The first kappa shape index (κ1) is 12.9. The lowest BCUT2D eigenvalue weighted by Crippen LogP contribution is -1.99. The lowest BCUT2D eigenvalue weighted by molar-refractivity contribution is 0.756. The van der Waals surface area contributed by atoms with Crippen LogP contribution in [0.1, 0.15) is 42.9 Å². The van der Waals surface area contributed by atoms with Crippen LogP contribution in [0, 0.1) is 0 Å². The Bertz CT molecular complexity index is 470. The molecule has 18 heavy (non-hydrogen) atoms. The van der Waals surface area contributed by atoms with Gasteiger partial charge < -0.3 is 0 Å². The molecule has 0 N–H and O–H groups in total. The summed E-state index contributed by atoms with van der Waals surface area (Å²) in [6.07, 6.45) is 3.53. The monoisotopic (exact) mass is 238 g/mol. The Labute approximate surface area is 111 Å². The average Bonchev–Trinajstić information content (AvgIpc) is 2.40. The van der Waals surface area contributed by atoms with E-state index in [9.17, 15) is 0 Å². The predicted octanol–water partition coefficient (Wildman–Crippen LogP) is 4.99. The molecule has 0 spiro atoms. The highest BCUT2D eigenvalue weighted by atomic mass is 14.1. The van der Waals surface area contributed by atoms with Gasteiger partial charge in [-0.25, -0.2) is 0 Å². The van der Waals surface area contributed by atoms with Crippen LogP contribution in [0.5, 0.6) is 0 Å². The zero-order chi connectivity index (χ0) is 12.8. The molecule has 2 aromatic rings. The van der Waals surface area contributed by atoms with Crippen molar-refractivity contribution in [3.8, 4) is 0 Å². The maximum Gasteiger partial charge on any atom is -0.0150 e. The number of benzene rings is 2. The molecule has 0 nitrogen and oxygen atoms in total. The molecule has 1 atom stereocenters. The van der Waals surface area contributed by atoms with Crippen molar-refractivity contribution < 1.29 is 0 Å². The third kappa shape index (κ3) is 3.46. The Morgan fingerprint density at radius 1 is 0.889 bits per heavy atom. The van der Waals surface area contributed by atoms with Gasteiger partial charge >= 0.3 is 0 Å². The van der Waals surface area contributed by atoms with Gasteiger partial charge in [-0.3, -0.25) is 0 Å². The summed E-state index contributed by atoms with van der Waals surface area (Å²) < 4.78 is 0. The molecule has 0 aliphatic carbocycles. The molecule has 2 aromatic carbocycles. The third-order valence-electron chi connectivity index (χ3n) is 3.44. The van der Waals surface area contributed by atoms with E-state index in [4.69, 9.17) is 0 Å². The van der Waals surface area contributed by atoms with Gasteiger partial charge in [0.1, 0.15) is 0 Å². The van der Waals surface area contributed by atoms with Crippen molar-refractivity contribution in [1.29, 1.82) is 0 Å². The smallest absolute Gasteiger partial charge is 0.0150 e. The van der Waals surface area contributed by atoms with Crippen LogP contribution >= 0.6 is 0 Å².